The molecule has 0 bridgehead atoms. The van der Waals surface area contributed by atoms with Crippen molar-refractivity contribution in [3.8, 4) is 0 Å². The van der Waals surface area contributed by atoms with E-state index in [1.54, 1.807) is 0 Å². The van der Waals surface area contributed by atoms with Crippen molar-refractivity contribution in [2.24, 2.45) is 11.8 Å². The number of allylic oxidation sites excluding steroid dienone is 2. The third-order valence-corrected chi connectivity index (χ3v) is 6.24. The van der Waals surface area contributed by atoms with Crippen LogP contribution in [0.4, 0.5) is 17.6 Å². The van der Waals surface area contributed by atoms with Crippen molar-refractivity contribution < 1.29 is 36.6 Å². The van der Waals surface area contributed by atoms with Crippen LogP contribution in [0.1, 0.15) is 79.0 Å². The van der Waals surface area contributed by atoms with E-state index in [2.05, 4.69) is 6.92 Å². The zero-order valence-electron chi connectivity index (χ0n) is 18.0. The third kappa shape index (κ3) is 6.81. The fourth-order valence-electron chi connectivity index (χ4n) is 4.20. The second kappa shape index (κ2) is 10.5. The fraction of sp³-hybridized carbons (Fsp3) is 0.583. The van der Waals surface area contributed by atoms with Crippen LogP contribution in [0, 0.1) is 11.8 Å². The molecule has 4 nitrogen and oxygen atoms in total. The van der Waals surface area contributed by atoms with E-state index < -0.39 is 36.0 Å². The molecule has 0 radical (unpaired) electrons. The normalized spacial score (nSPS) is 27.0. The number of carbonyl (C=O) groups is 2. The molecule has 0 N–H and O–H groups in total. The summed E-state index contributed by atoms with van der Waals surface area (Å²) in [5.41, 5.74) is 0.636. The van der Waals surface area contributed by atoms with Gasteiger partial charge in [0.15, 0.2) is 5.83 Å². The van der Waals surface area contributed by atoms with Crippen LogP contribution in [-0.4, -0.2) is 30.3 Å². The number of alkyl halides is 3. The Morgan fingerprint density at radius 1 is 0.812 bits per heavy atom. The number of rotatable bonds is 5. The van der Waals surface area contributed by atoms with E-state index in [-0.39, 0.29) is 11.7 Å². The molecule has 0 atom stereocenters. The zero-order chi connectivity index (χ0) is 23.3. The van der Waals surface area contributed by atoms with Gasteiger partial charge in [0, 0.05) is 0 Å². The maximum atomic E-state index is 13.1. The first-order valence-electron chi connectivity index (χ1n) is 11.1. The van der Waals surface area contributed by atoms with Gasteiger partial charge in [0.2, 0.25) is 0 Å². The van der Waals surface area contributed by atoms with Crippen LogP contribution >= 0.6 is 0 Å². The van der Waals surface area contributed by atoms with Gasteiger partial charge < -0.3 is 9.47 Å². The number of ether oxygens (including phenoxy) is 2. The SMILES string of the molecule is CC1CCC(OC(=O)c2ccc(C(=O)OC3CCC(C=C(F)C(F)(F)F)CC3)cc2)CC1. The molecule has 2 aliphatic carbocycles. The number of halogens is 4. The van der Waals surface area contributed by atoms with E-state index in [0.29, 0.717) is 43.2 Å². The molecule has 176 valence electrons. The van der Waals surface area contributed by atoms with Gasteiger partial charge in [0.1, 0.15) is 12.2 Å². The second-order valence-corrected chi connectivity index (χ2v) is 8.82. The van der Waals surface area contributed by atoms with Crippen molar-refractivity contribution in [1.29, 1.82) is 0 Å². The predicted molar refractivity (Wildman–Crippen MR) is 110 cm³/mol. The second-order valence-electron chi connectivity index (χ2n) is 8.82. The summed E-state index contributed by atoms with van der Waals surface area (Å²) >= 11 is 0. The van der Waals surface area contributed by atoms with Gasteiger partial charge in [0.05, 0.1) is 11.1 Å². The van der Waals surface area contributed by atoms with Crippen LogP contribution in [-0.2, 0) is 9.47 Å². The lowest BCUT2D eigenvalue weighted by Crippen LogP contribution is -2.25. The zero-order valence-corrected chi connectivity index (χ0v) is 18.0. The summed E-state index contributed by atoms with van der Waals surface area (Å²) in [4.78, 5) is 24.7. The number of esters is 2. The fourth-order valence-corrected chi connectivity index (χ4v) is 4.20. The van der Waals surface area contributed by atoms with Crippen LogP contribution < -0.4 is 0 Å². The van der Waals surface area contributed by atoms with Gasteiger partial charge in [0.25, 0.3) is 0 Å². The first-order chi connectivity index (χ1) is 15.1. The van der Waals surface area contributed by atoms with Crippen molar-refractivity contribution in [3.63, 3.8) is 0 Å². The third-order valence-electron chi connectivity index (χ3n) is 6.24. The topological polar surface area (TPSA) is 52.6 Å². The van der Waals surface area contributed by atoms with Crippen molar-refractivity contribution in [1.82, 2.24) is 0 Å². The quantitative estimate of drug-likeness (QED) is 0.372. The van der Waals surface area contributed by atoms with Crippen molar-refractivity contribution in [2.45, 2.75) is 76.7 Å². The Morgan fingerprint density at radius 2 is 1.22 bits per heavy atom. The molecule has 2 saturated carbocycles. The lowest BCUT2D eigenvalue weighted by atomic mass is 9.87. The van der Waals surface area contributed by atoms with Gasteiger partial charge in [-0.15, -0.1) is 0 Å². The molecule has 0 spiro atoms. The van der Waals surface area contributed by atoms with Gasteiger partial charge in [-0.1, -0.05) is 6.92 Å². The lowest BCUT2D eigenvalue weighted by Gasteiger charge is -2.27. The molecule has 2 aliphatic rings. The lowest BCUT2D eigenvalue weighted by molar-refractivity contribution is -0.109. The Labute approximate surface area is 185 Å². The summed E-state index contributed by atoms with van der Waals surface area (Å²) < 4.78 is 61.0. The molecule has 0 aromatic heterocycles. The maximum absolute atomic E-state index is 13.1. The molecule has 0 aliphatic heterocycles. The van der Waals surface area contributed by atoms with Gasteiger partial charge >= 0.3 is 18.1 Å². The minimum Gasteiger partial charge on any atom is -0.459 e. The van der Waals surface area contributed by atoms with Gasteiger partial charge in [-0.25, -0.2) is 14.0 Å². The van der Waals surface area contributed by atoms with Crippen molar-refractivity contribution >= 4 is 11.9 Å². The Balaban J connectivity index is 1.46. The highest BCUT2D eigenvalue weighted by Gasteiger charge is 2.35. The molecular formula is C24H28F4O4. The highest BCUT2D eigenvalue weighted by molar-refractivity contribution is 5.93. The monoisotopic (exact) mass is 456 g/mol. The molecule has 0 amide bonds. The molecule has 32 heavy (non-hydrogen) atoms. The molecular weight excluding hydrogens is 428 g/mol. The molecule has 8 heteroatoms. The number of carbonyl (C=O) groups excluding carboxylic acids is 2. The standard InChI is InChI=1S/C24H28F4O4/c1-15-2-10-19(11-3-15)31-22(29)17-6-8-18(9-7-17)23(30)32-20-12-4-16(5-13-20)14-21(25)24(26,27)28/h6-9,14-16,19-20H,2-5,10-13H2,1H3. The van der Waals surface area contributed by atoms with Crippen LogP contribution in [0.2, 0.25) is 0 Å². The van der Waals surface area contributed by atoms with E-state index in [9.17, 15) is 27.2 Å². The highest BCUT2D eigenvalue weighted by atomic mass is 19.4. The number of hydrogen-bond donors (Lipinski definition) is 0. The predicted octanol–water partition coefficient (Wildman–Crippen LogP) is 6.55. The summed E-state index contributed by atoms with van der Waals surface area (Å²) in [7, 11) is 0. The van der Waals surface area contributed by atoms with Gasteiger partial charge in [-0.3, -0.25) is 0 Å². The summed E-state index contributed by atoms with van der Waals surface area (Å²) in [5.74, 6) is -2.92. The minimum atomic E-state index is -4.96. The average molecular weight is 456 g/mol. The van der Waals surface area contributed by atoms with E-state index in [1.165, 1.54) is 24.3 Å². The van der Waals surface area contributed by atoms with Gasteiger partial charge in [-0.05, 0) is 93.5 Å². The molecule has 1 aromatic rings. The Bertz CT molecular complexity index is 815. The van der Waals surface area contributed by atoms with E-state index in [4.69, 9.17) is 9.47 Å². The Kier molecular flexibility index (Phi) is 7.96. The molecule has 1 aromatic carbocycles. The molecule has 0 unspecified atom stereocenters. The molecule has 0 saturated heterocycles. The smallest absolute Gasteiger partial charge is 0.442 e. The first kappa shape index (κ1) is 24.3. The van der Waals surface area contributed by atoms with E-state index in [1.807, 2.05) is 0 Å². The summed E-state index contributed by atoms with van der Waals surface area (Å²) in [6, 6.07) is 6.03. The van der Waals surface area contributed by atoms with Crippen molar-refractivity contribution in [3.05, 3.63) is 47.3 Å². The summed E-state index contributed by atoms with van der Waals surface area (Å²) in [6.07, 6.45) is 0.300. The number of hydrogen-bond acceptors (Lipinski definition) is 4. The van der Waals surface area contributed by atoms with Crippen LogP contribution in [0.15, 0.2) is 36.2 Å². The average Bonchev–Trinajstić information content (AvgIpc) is 2.76. The molecule has 3 rings (SSSR count). The highest BCUT2D eigenvalue weighted by Crippen LogP contribution is 2.33. The van der Waals surface area contributed by atoms with E-state index in [0.717, 1.165) is 25.7 Å². The molecule has 2 fully saturated rings. The van der Waals surface area contributed by atoms with Crippen LogP contribution in [0.3, 0.4) is 0 Å². The largest absolute Gasteiger partial charge is 0.459 e. The first-order valence-corrected chi connectivity index (χ1v) is 11.1. The Morgan fingerprint density at radius 3 is 1.62 bits per heavy atom. The summed E-state index contributed by atoms with van der Waals surface area (Å²) in [5, 5.41) is 0. The van der Waals surface area contributed by atoms with Crippen molar-refractivity contribution in [2.75, 3.05) is 0 Å². The maximum Gasteiger partial charge on any atom is 0.442 e. The Hall–Kier alpha value is -2.38. The van der Waals surface area contributed by atoms with Crippen LogP contribution in [0.5, 0.6) is 0 Å². The van der Waals surface area contributed by atoms with Gasteiger partial charge in [-0.2, -0.15) is 13.2 Å². The summed E-state index contributed by atoms with van der Waals surface area (Å²) in [6.45, 7) is 2.19. The molecule has 0 heterocycles. The van der Waals surface area contributed by atoms with E-state index >= 15 is 0 Å². The minimum absolute atomic E-state index is 0.0714. The number of benzene rings is 1. The van der Waals surface area contributed by atoms with Crippen LogP contribution in [0.25, 0.3) is 0 Å².